The molecule has 0 bridgehead atoms. The molecule has 2 aliphatic heterocycles. The van der Waals surface area contributed by atoms with Crippen molar-refractivity contribution in [2.75, 3.05) is 13.1 Å². The van der Waals surface area contributed by atoms with Gasteiger partial charge in [-0.25, -0.2) is 4.79 Å². The van der Waals surface area contributed by atoms with Crippen LogP contribution in [0.4, 0.5) is 4.79 Å². The molecule has 1 saturated carbocycles. The van der Waals surface area contributed by atoms with Crippen LogP contribution in [0, 0.1) is 0 Å². The van der Waals surface area contributed by atoms with Crippen LogP contribution in [0.25, 0.3) is 0 Å². The maximum Gasteiger partial charge on any atom is 0.318 e. The lowest BCUT2D eigenvalue weighted by Gasteiger charge is -2.30. The second kappa shape index (κ2) is 4.24. The molecule has 4 heteroatoms. The van der Waals surface area contributed by atoms with Crippen molar-refractivity contribution in [3.05, 3.63) is 0 Å². The maximum absolute atomic E-state index is 11.8. The van der Waals surface area contributed by atoms with Gasteiger partial charge in [-0.2, -0.15) is 0 Å². The van der Waals surface area contributed by atoms with Crippen molar-refractivity contribution in [1.29, 1.82) is 0 Å². The summed E-state index contributed by atoms with van der Waals surface area (Å²) in [6, 6.07) is 1.62. The first-order valence-corrected chi connectivity index (χ1v) is 6.65. The Balaban J connectivity index is 1.62. The Labute approximate surface area is 96.8 Å². The predicted octanol–water partition coefficient (Wildman–Crippen LogP) is 1.07. The summed E-state index contributed by atoms with van der Waals surface area (Å²) in [6.07, 6.45) is 7.45. The zero-order valence-electron chi connectivity index (χ0n) is 9.74. The van der Waals surface area contributed by atoms with Gasteiger partial charge in [-0.1, -0.05) is 6.42 Å². The van der Waals surface area contributed by atoms with E-state index in [9.17, 15) is 4.79 Å². The van der Waals surface area contributed by atoms with Gasteiger partial charge in [0.2, 0.25) is 0 Å². The molecule has 16 heavy (non-hydrogen) atoms. The molecular weight excluding hydrogens is 202 g/mol. The van der Waals surface area contributed by atoms with Gasteiger partial charge < -0.3 is 15.5 Å². The van der Waals surface area contributed by atoms with Gasteiger partial charge in [0.15, 0.2) is 0 Å². The molecule has 2 N–H and O–H groups in total. The number of hydrogen-bond donors (Lipinski definition) is 2. The maximum atomic E-state index is 11.8. The van der Waals surface area contributed by atoms with Crippen LogP contribution < -0.4 is 10.6 Å². The highest BCUT2D eigenvalue weighted by molar-refractivity contribution is 5.78. The Bertz CT molecular complexity index is 275. The molecule has 0 aromatic carbocycles. The number of amides is 2. The van der Waals surface area contributed by atoms with Gasteiger partial charge >= 0.3 is 6.03 Å². The summed E-state index contributed by atoms with van der Waals surface area (Å²) in [7, 11) is 0. The van der Waals surface area contributed by atoms with E-state index in [0.717, 1.165) is 13.1 Å². The number of rotatable bonds is 2. The van der Waals surface area contributed by atoms with Crippen molar-refractivity contribution >= 4 is 6.03 Å². The monoisotopic (exact) mass is 223 g/mol. The Hall–Kier alpha value is -0.770. The molecule has 3 rings (SSSR count). The standard InChI is InChI=1S/C12H21N3O/c16-12-14-10-5-3-6-11(10)15(12)8-9-4-1-2-7-13-9/h9-11,13H,1-8H2,(H,14,16). The molecule has 90 valence electrons. The number of nitrogens with zero attached hydrogens (tertiary/aromatic N) is 1. The predicted molar refractivity (Wildman–Crippen MR) is 62.3 cm³/mol. The smallest absolute Gasteiger partial charge is 0.318 e. The summed E-state index contributed by atoms with van der Waals surface area (Å²) in [5.41, 5.74) is 0. The number of fused-ring (bicyclic) bond motifs is 1. The van der Waals surface area contributed by atoms with E-state index in [1.807, 2.05) is 0 Å². The molecular formula is C12H21N3O. The summed E-state index contributed by atoms with van der Waals surface area (Å²) >= 11 is 0. The van der Waals surface area contributed by atoms with Gasteiger partial charge in [-0.3, -0.25) is 0 Å². The second-order valence-electron chi connectivity index (χ2n) is 5.35. The molecule has 4 nitrogen and oxygen atoms in total. The molecule has 0 spiro atoms. The van der Waals surface area contributed by atoms with Crippen LogP contribution in [0.2, 0.25) is 0 Å². The van der Waals surface area contributed by atoms with Gasteiger partial charge in [0.25, 0.3) is 0 Å². The summed E-state index contributed by atoms with van der Waals surface area (Å²) < 4.78 is 0. The average Bonchev–Trinajstić information content (AvgIpc) is 2.84. The van der Waals surface area contributed by atoms with Crippen molar-refractivity contribution in [3.8, 4) is 0 Å². The third kappa shape index (κ3) is 1.79. The Morgan fingerprint density at radius 2 is 2.12 bits per heavy atom. The summed E-state index contributed by atoms with van der Waals surface area (Å²) in [6.45, 7) is 2.03. The number of nitrogens with one attached hydrogen (secondary N) is 2. The number of piperidine rings is 1. The van der Waals surface area contributed by atoms with Gasteiger partial charge in [0, 0.05) is 12.6 Å². The van der Waals surface area contributed by atoms with Crippen LogP contribution >= 0.6 is 0 Å². The molecule has 0 aromatic rings. The highest BCUT2D eigenvalue weighted by Gasteiger charge is 2.42. The van der Waals surface area contributed by atoms with Crippen LogP contribution in [0.3, 0.4) is 0 Å². The SMILES string of the molecule is O=C1NC2CCCC2N1CC1CCCCN1. The number of carbonyl (C=O) groups is 1. The van der Waals surface area contributed by atoms with Crippen LogP contribution in [0.5, 0.6) is 0 Å². The van der Waals surface area contributed by atoms with Crippen LogP contribution in [0.15, 0.2) is 0 Å². The highest BCUT2D eigenvalue weighted by Crippen LogP contribution is 2.29. The van der Waals surface area contributed by atoms with Gasteiger partial charge in [0.05, 0.1) is 12.1 Å². The molecule has 2 amide bonds. The normalized spacial score (nSPS) is 38.6. The molecule has 3 aliphatic rings. The minimum atomic E-state index is 0.169. The summed E-state index contributed by atoms with van der Waals surface area (Å²) in [5.74, 6) is 0. The van der Waals surface area contributed by atoms with E-state index >= 15 is 0 Å². The van der Waals surface area contributed by atoms with E-state index in [-0.39, 0.29) is 6.03 Å². The first-order chi connectivity index (χ1) is 7.84. The average molecular weight is 223 g/mol. The largest absolute Gasteiger partial charge is 0.333 e. The first-order valence-electron chi connectivity index (χ1n) is 6.65. The number of hydrogen-bond acceptors (Lipinski definition) is 2. The van der Waals surface area contributed by atoms with E-state index in [4.69, 9.17) is 0 Å². The lowest BCUT2D eigenvalue weighted by molar-refractivity contribution is 0.188. The first kappa shape index (κ1) is 10.4. The zero-order chi connectivity index (χ0) is 11.0. The summed E-state index contributed by atoms with van der Waals surface area (Å²) in [4.78, 5) is 13.9. The summed E-state index contributed by atoms with van der Waals surface area (Å²) in [5, 5.41) is 6.64. The third-order valence-corrected chi connectivity index (χ3v) is 4.28. The Morgan fingerprint density at radius 1 is 1.19 bits per heavy atom. The van der Waals surface area contributed by atoms with Crippen molar-refractivity contribution < 1.29 is 4.79 Å². The molecule has 1 aliphatic carbocycles. The Morgan fingerprint density at radius 3 is 2.94 bits per heavy atom. The van der Waals surface area contributed by atoms with Crippen LogP contribution in [-0.2, 0) is 0 Å². The fraction of sp³-hybridized carbons (Fsp3) is 0.917. The minimum absolute atomic E-state index is 0.169. The molecule has 2 saturated heterocycles. The van der Waals surface area contributed by atoms with E-state index < -0.39 is 0 Å². The lowest BCUT2D eigenvalue weighted by Crippen LogP contribution is -2.47. The van der Waals surface area contributed by atoms with Crippen molar-refractivity contribution in [2.45, 2.75) is 56.7 Å². The molecule has 2 heterocycles. The van der Waals surface area contributed by atoms with E-state index in [2.05, 4.69) is 15.5 Å². The number of urea groups is 1. The third-order valence-electron chi connectivity index (χ3n) is 4.28. The topological polar surface area (TPSA) is 44.4 Å². The minimum Gasteiger partial charge on any atom is -0.333 e. The lowest BCUT2D eigenvalue weighted by atomic mass is 10.0. The number of carbonyl (C=O) groups excluding carboxylic acids is 1. The molecule has 3 fully saturated rings. The fourth-order valence-corrected chi connectivity index (χ4v) is 3.41. The van der Waals surface area contributed by atoms with Gasteiger partial charge in [-0.05, 0) is 38.6 Å². The Kier molecular flexibility index (Phi) is 2.75. The zero-order valence-corrected chi connectivity index (χ0v) is 9.74. The molecule has 0 aromatic heterocycles. The second-order valence-corrected chi connectivity index (χ2v) is 5.35. The van der Waals surface area contributed by atoms with Crippen LogP contribution in [0.1, 0.15) is 38.5 Å². The van der Waals surface area contributed by atoms with Gasteiger partial charge in [0.1, 0.15) is 0 Å². The van der Waals surface area contributed by atoms with Crippen molar-refractivity contribution in [1.82, 2.24) is 15.5 Å². The van der Waals surface area contributed by atoms with Crippen molar-refractivity contribution in [2.24, 2.45) is 0 Å². The van der Waals surface area contributed by atoms with E-state index in [0.29, 0.717) is 18.1 Å². The molecule has 3 atom stereocenters. The van der Waals surface area contributed by atoms with Crippen molar-refractivity contribution in [3.63, 3.8) is 0 Å². The van der Waals surface area contributed by atoms with Gasteiger partial charge in [-0.15, -0.1) is 0 Å². The molecule has 0 radical (unpaired) electrons. The van der Waals surface area contributed by atoms with E-state index in [1.54, 1.807) is 0 Å². The van der Waals surface area contributed by atoms with E-state index in [1.165, 1.54) is 38.5 Å². The quantitative estimate of drug-likeness (QED) is 0.735. The fourth-order valence-electron chi connectivity index (χ4n) is 3.41. The molecule has 3 unspecified atom stereocenters. The highest BCUT2D eigenvalue weighted by atomic mass is 16.2. The van der Waals surface area contributed by atoms with Crippen LogP contribution in [-0.4, -0.2) is 42.1 Å².